The highest BCUT2D eigenvalue weighted by atomic mass is 16.5. The van der Waals surface area contributed by atoms with Gasteiger partial charge in [-0.25, -0.2) is 4.99 Å². The van der Waals surface area contributed by atoms with Gasteiger partial charge >= 0.3 is 0 Å². The normalized spacial score (nSPS) is 24.5. The molecule has 0 radical (unpaired) electrons. The zero-order chi connectivity index (χ0) is 20.6. The van der Waals surface area contributed by atoms with Gasteiger partial charge in [0, 0.05) is 25.7 Å². The number of methoxy groups -OCH3 is 3. The van der Waals surface area contributed by atoms with Gasteiger partial charge in [0.05, 0.1) is 27.2 Å². The van der Waals surface area contributed by atoms with Crippen LogP contribution in [0.2, 0.25) is 0 Å². The Balaban J connectivity index is 1.93. The number of carbonyl (C=O) groups excluding carboxylic acids is 2. The van der Waals surface area contributed by atoms with E-state index >= 15 is 0 Å². The number of carbonyl (C=O) groups is 2. The Morgan fingerprint density at radius 1 is 0.929 bits per heavy atom. The van der Waals surface area contributed by atoms with Gasteiger partial charge in [-0.2, -0.15) is 0 Å². The summed E-state index contributed by atoms with van der Waals surface area (Å²) < 4.78 is 16.1. The molecule has 3 rings (SSSR count). The van der Waals surface area contributed by atoms with E-state index in [1.165, 1.54) is 0 Å². The Kier molecular flexibility index (Phi) is 5.31. The van der Waals surface area contributed by atoms with Crippen molar-refractivity contribution in [3.05, 3.63) is 23.8 Å². The summed E-state index contributed by atoms with van der Waals surface area (Å²) in [5, 5.41) is 0. The summed E-state index contributed by atoms with van der Waals surface area (Å²) >= 11 is 0. The summed E-state index contributed by atoms with van der Waals surface area (Å²) in [4.78, 5) is 32.8. The average molecular weight is 387 g/mol. The van der Waals surface area contributed by atoms with E-state index in [9.17, 15) is 9.59 Å². The topological polar surface area (TPSA) is 80.7 Å². The van der Waals surface area contributed by atoms with E-state index in [4.69, 9.17) is 14.2 Å². The fourth-order valence-corrected chi connectivity index (χ4v) is 3.60. The Morgan fingerprint density at radius 3 is 2.14 bits per heavy atom. The van der Waals surface area contributed by atoms with Gasteiger partial charge in [-0.1, -0.05) is 0 Å². The molecule has 2 aliphatic rings. The molecule has 0 saturated carbocycles. The van der Waals surface area contributed by atoms with E-state index in [2.05, 4.69) is 4.99 Å². The van der Waals surface area contributed by atoms with E-state index in [1.54, 1.807) is 58.4 Å². The third kappa shape index (κ3) is 3.08. The molecule has 0 aliphatic carbocycles. The summed E-state index contributed by atoms with van der Waals surface area (Å²) in [6.45, 7) is 1.65. The van der Waals surface area contributed by atoms with Gasteiger partial charge in [-0.15, -0.1) is 0 Å². The number of likely N-dealkylation sites (tertiary alicyclic amines) is 1. The molecule has 150 valence electrons. The first-order valence-corrected chi connectivity index (χ1v) is 8.93. The zero-order valence-corrected chi connectivity index (χ0v) is 16.9. The van der Waals surface area contributed by atoms with Crippen molar-refractivity contribution < 1.29 is 23.8 Å². The number of aliphatic imine (C=N–C) groups is 1. The minimum absolute atomic E-state index is 0.105. The standard InChI is InChI=1S/C20H25N3O5/c1-11-18(24)17-19(23(3)20(11)25)21-16(22(17)2)8-7-12-9-14(27-5)15(28-6)10-13(12)26-4/h7-11,17,19H,1-6H3/b8-7+. The summed E-state index contributed by atoms with van der Waals surface area (Å²) in [7, 11) is 8.20. The molecule has 8 heteroatoms. The highest BCUT2D eigenvalue weighted by Crippen LogP contribution is 2.35. The monoisotopic (exact) mass is 387 g/mol. The molecule has 1 aromatic carbocycles. The van der Waals surface area contributed by atoms with Gasteiger partial charge < -0.3 is 24.0 Å². The Bertz CT molecular complexity index is 864. The second-order valence-corrected chi connectivity index (χ2v) is 6.81. The number of hydrogen-bond acceptors (Lipinski definition) is 7. The molecular weight excluding hydrogens is 362 g/mol. The molecule has 2 heterocycles. The van der Waals surface area contributed by atoms with E-state index in [0.29, 0.717) is 23.1 Å². The molecule has 0 aromatic heterocycles. The van der Waals surface area contributed by atoms with Crippen LogP contribution in [0.5, 0.6) is 17.2 Å². The summed E-state index contributed by atoms with van der Waals surface area (Å²) in [6, 6.07) is 3.08. The molecule has 0 bridgehead atoms. The van der Waals surface area contributed by atoms with Gasteiger partial charge in [0.2, 0.25) is 5.91 Å². The second kappa shape index (κ2) is 7.53. The minimum Gasteiger partial charge on any atom is -0.496 e. The number of rotatable bonds is 5. The Hall–Kier alpha value is -3.03. The molecule has 1 aromatic rings. The van der Waals surface area contributed by atoms with Crippen LogP contribution in [0.4, 0.5) is 0 Å². The van der Waals surface area contributed by atoms with Gasteiger partial charge in [0.25, 0.3) is 0 Å². The van der Waals surface area contributed by atoms with Crippen molar-refractivity contribution in [3.8, 4) is 17.2 Å². The van der Waals surface area contributed by atoms with Crippen LogP contribution >= 0.6 is 0 Å². The van der Waals surface area contributed by atoms with Gasteiger partial charge in [0.15, 0.2) is 23.4 Å². The van der Waals surface area contributed by atoms with Crippen LogP contribution < -0.4 is 14.2 Å². The third-order valence-electron chi connectivity index (χ3n) is 5.31. The number of amides is 1. The van der Waals surface area contributed by atoms with Gasteiger partial charge in [0.1, 0.15) is 17.6 Å². The summed E-state index contributed by atoms with van der Waals surface area (Å²) in [5.41, 5.74) is 0.773. The minimum atomic E-state index is -0.654. The van der Waals surface area contributed by atoms with Crippen molar-refractivity contribution in [2.75, 3.05) is 35.4 Å². The number of ketones is 1. The number of Topliss-reactive ketones (excluding diaryl/α,β-unsaturated/α-hetero) is 1. The van der Waals surface area contributed by atoms with Crippen molar-refractivity contribution in [1.29, 1.82) is 0 Å². The summed E-state index contributed by atoms with van der Waals surface area (Å²) in [6.07, 6.45) is 3.13. The molecule has 3 unspecified atom stereocenters. The van der Waals surface area contributed by atoms with Crippen molar-refractivity contribution in [1.82, 2.24) is 9.80 Å². The number of piperidine rings is 1. The lowest BCUT2D eigenvalue weighted by molar-refractivity contribution is -0.149. The number of fused-ring (bicyclic) bond motifs is 1. The average Bonchev–Trinajstić information content (AvgIpc) is 3.04. The SMILES string of the molecule is COc1cc(OC)c(OC)cc1/C=C/C1=NC2C(C(=O)C(C)C(=O)N2C)N1C. The van der Waals surface area contributed by atoms with Crippen LogP contribution in [0.25, 0.3) is 6.08 Å². The van der Waals surface area contributed by atoms with Crippen molar-refractivity contribution >= 4 is 23.6 Å². The number of benzene rings is 1. The van der Waals surface area contributed by atoms with Crippen molar-refractivity contribution in [2.45, 2.75) is 19.1 Å². The molecule has 1 saturated heterocycles. The quantitative estimate of drug-likeness (QED) is 0.712. The molecule has 0 N–H and O–H groups in total. The van der Waals surface area contributed by atoms with Crippen LogP contribution in [0.1, 0.15) is 12.5 Å². The van der Waals surface area contributed by atoms with E-state index in [0.717, 1.165) is 5.56 Å². The smallest absolute Gasteiger partial charge is 0.234 e. The van der Waals surface area contributed by atoms with E-state index in [1.807, 2.05) is 18.0 Å². The first-order valence-electron chi connectivity index (χ1n) is 8.93. The van der Waals surface area contributed by atoms with Crippen molar-refractivity contribution in [3.63, 3.8) is 0 Å². The van der Waals surface area contributed by atoms with Crippen LogP contribution in [0, 0.1) is 5.92 Å². The maximum absolute atomic E-state index is 12.6. The fraction of sp³-hybridized carbons (Fsp3) is 0.450. The Morgan fingerprint density at radius 2 is 1.54 bits per heavy atom. The first kappa shape index (κ1) is 19.7. The molecule has 1 fully saturated rings. The lowest BCUT2D eigenvalue weighted by atomic mass is 9.91. The van der Waals surface area contributed by atoms with Crippen LogP contribution in [0.3, 0.4) is 0 Å². The Labute approximate surface area is 164 Å². The van der Waals surface area contributed by atoms with Crippen LogP contribution in [-0.4, -0.2) is 75.0 Å². The van der Waals surface area contributed by atoms with E-state index < -0.39 is 18.1 Å². The molecule has 8 nitrogen and oxygen atoms in total. The van der Waals surface area contributed by atoms with Gasteiger partial charge in [-0.05, 0) is 25.1 Å². The zero-order valence-electron chi connectivity index (χ0n) is 16.9. The summed E-state index contributed by atoms with van der Waals surface area (Å²) in [5.74, 6) is 1.42. The molecule has 0 spiro atoms. The highest BCUT2D eigenvalue weighted by Gasteiger charge is 2.49. The lowest BCUT2D eigenvalue weighted by Gasteiger charge is -2.37. The first-order chi connectivity index (χ1) is 13.3. The third-order valence-corrected chi connectivity index (χ3v) is 5.31. The number of likely N-dealkylation sites (N-methyl/N-ethyl adjacent to an activating group) is 2. The number of nitrogens with zero attached hydrogens (tertiary/aromatic N) is 3. The largest absolute Gasteiger partial charge is 0.496 e. The highest BCUT2D eigenvalue weighted by molar-refractivity contribution is 6.10. The van der Waals surface area contributed by atoms with E-state index in [-0.39, 0.29) is 11.7 Å². The lowest BCUT2D eigenvalue weighted by Crippen LogP contribution is -2.59. The molecule has 2 aliphatic heterocycles. The number of ether oxygens (including phenoxy) is 3. The van der Waals surface area contributed by atoms with Crippen molar-refractivity contribution in [2.24, 2.45) is 10.9 Å². The van der Waals surface area contributed by atoms with Crippen LogP contribution in [-0.2, 0) is 9.59 Å². The maximum atomic E-state index is 12.6. The maximum Gasteiger partial charge on any atom is 0.234 e. The molecular formula is C20H25N3O5. The fourth-order valence-electron chi connectivity index (χ4n) is 3.60. The molecule has 1 amide bonds. The number of amidine groups is 1. The van der Waals surface area contributed by atoms with Gasteiger partial charge in [-0.3, -0.25) is 9.59 Å². The molecule has 3 atom stereocenters. The molecule has 28 heavy (non-hydrogen) atoms. The predicted octanol–water partition coefficient (Wildman–Crippen LogP) is 1.44. The second-order valence-electron chi connectivity index (χ2n) is 6.81. The predicted molar refractivity (Wildman–Crippen MR) is 105 cm³/mol. The van der Waals surface area contributed by atoms with Crippen LogP contribution in [0.15, 0.2) is 23.2 Å². The number of hydrogen-bond donors (Lipinski definition) is 0.